The van der Waals surface area contributed by atoms with Gasteiger partial charge in [-0.1, -0.05) is 41.6 Å². The van der Waals surface area contributed by atoms with Gasteiger partial charge in [-0.3, -0.25) is 9.79 Å². The number of rotatable bonds is 2. The number of aromatic nitrogens is 2. The van der Waals surface area contributed by atoms with Gasteiger partial charge in [-0.05, 0) is 43.2 Å². The average Bonchev–Trinajstić information content (AvgIpc) is 3.18. The van der Waals surface area contributed by atoms with Crippen molar-refractivity contribution in [2.75, 3.05) is 0 Å². The van der Waals surface area contributed by atoms with Gasteiger partial charge in [0, 0.05) is 23.6 Å². The number of carbonyl (C=O) groups excluding carboxylic acids is 1. The summed E-state index contributed by atoms with van der Waals surface area (Å²) in [5, 5.41) is 9.39. The number of aliphatic imine (C=N–C) groups is 1. The first kappa shape index (κ1) is 17.8. The minimum absolute atomic E-state index is 0.00862. The highest BCUT2D eigenvalue weighted by molar-refractivity contribution is 8.15. The van der Waals surface area contributed by atoms with Gasteiger partial charge in [-0.2, -0.15) is 5.10 Å². The number of fused-ring (bicyclic) bond motifs is 2. The van der Waals surface area contributed by atoms with Crippen molar-refractivity contribution in [3.8, 4) is 0 Å². The minimum atomic E-state index is -0.0660. The highest BCUT2D eigenvalue weighted by atomic mass is 35.5. The van der Waals surface area contributed by atoms with Gasteiger partial charge >= 0.3 is 0 Å². The number of hydrogen-bond donors (Lipinski definition) is 1. The number of halogens is 1. The zero-order valence-corrected chi connectivity index (χ0v) is 16.9. The molecule has 4 heterocycles. The number of amides is 1. The molecule has 0 spiro atoms. The highest BCUT2D eigenvalue weighted by Gasteiger charge is 2.41. The number of hydrogen-bond acceptors (Lipinski definition) is 4. The standard InChI is InChI=1S/C21H19ClN4OS/c1-12-18(16-4-2-3-11-26(16)25-12)20-24-19-15(13-5-7-14(22)8-6-13)9-10-17(27)23-21(19)28-20/h2-8,11,15,19,21H,9-10H2,1H3,(H,23,27). The van der Waals surface area contributed by atoms with Crippen LogP contribution in [0.4, 0.5) is 0 Å². The summed E-state index contributed by atoms with van der Waals surface area (Å²) in [6.45, 7) is 2.01. The minimum Gasteiger partial charge on any atom is -0.342 e. The molecule has 5 rings (SSSR count). The molecule has 1 N–H and O–H groups in total. The Morgan fingerprint density at radius 1 is 1.21 bits per heavy atom. The molecule has 0 aliphatic carbocycles. The van der Waals surface area contributed by atoms with E-state index in [0.29, 0.717) is 6.42 Å². The van der Waals surface area contributed by atoms with Crippen molar-refractivity contribution in [2.45, 2.75) is 37.1 Å². The van der Waals surface area contributed by atoms with Crippen molar-refractivity contribution in [2.24, 2.45) is 4.99 Å². The number of nitrogens with zero attached hydrogens (tertiary/aromatic N) is 3. The lowest BCUT2D eigenvalue weighted by atomic mass is 9.88. The fraction of sp³-hybridized carbons (Fsp3) is 0.286. The van der Waals surface area contributed by atoms with Gasteiger partial charge in [0.1, 0.15) is 10.4 Å². The van der Waals surface area contributed by atoms with Crippen LogP contribution in [0, 0.1) is 6.92 Å². The topological polar surface area (TPSA) is 58.8 Å². The zero-order chi connectivity index (χ0) is 19.3. The molecule has 0 bridgehead atoms. The number of aryl methyl sites for hydroxylation is 1. The maximum Gasteiger partial charge on any atom is 0.220 e. The van der Waals surface area contributed by atoms with Crippen LogP contribution >= 0.6 is 23.4 Å². The van der Waals surface area contributed by atoms with E-state index in [-0.39, 0.29) is 23.2 Å². The highest BCUT2D eigenvalue weighted by Crippen LogP contribution is 2.41. The van der Waals surface area contributed by atoms with Crippen LogP contribution in [0.25, 0.3) is 5.52 Å². The van der Waals surface area contributed by atoms with Crippen molar-refractivity contribution >= 4 is 39.8 Å². The third-order valence-corrected chi connectivity index (χ3v) is 6.88. The van der Waals surface area contributed by atoms with Crippen molar-refractivity contribution in [3.63, 3.8) is 0 Å². The summed E-state index contributed by atoms with van der Waals surface area (Å²) in [7, 11) is 0. The lowest BCUT2D eigenvalue weighted by Crippen LogP contribution is -2.37. The van der Waals surface area contributed by atoms with Gasteiger partial charge in [0.15, 0.2) is 0 Å². The molecule has 0 saturated carbocycles. The van der Waals surface area contributed by atoms with E-state index in [2.05, 4.69) is 28.6 Å². The zero-order valence-electron chi connectivity index (χ0n) is 15.3. The molecule has 7 heteroatoms. The van der Waals surface area contributed by atoms with Crippen LogP contribution in [0.2, 0.25) is 5.02 Å². The van der Waals surface area contributed by atoms with Gasteiger partial charge in [-0.15, -0.1) is 0 Å². The van der Waals surface area contributed by atoms with Crippen LogP contribution in [-0.4, -0.2) is 32.0 Å². The van der Waals surface area contributed by atoms with Crippen molar-refractivity contribution < 1.29 is 4.79 Å². The fourth-order valence-corrected chi connectivity index (χ4v) is 5.61. The van der Waals surface area contributed by atoms with Crippen LogP contribution in [0.1, 0.15) is 35.6 Å². The van der Waals surface area contributed by atoms with Gasteiger partial charge < -0.3 is 5.32 Å². The normalized spacial score (nSPS) is 24.6. The summed E-state index contributed by atoms with van der Waals surface area (Å²) in [4.78, 5) is 17.4. The van der Waals surface area contributed by atoms with Gasteiger partial charge in [0.05, 0.1) is 22.8 Å². The Hall–Kier alpha value is -2.31. The second kappa shape index (κ2) is 6.94. The lowest BCUT2D eigenvalue weighted by Gasteiger charge is -2.23. The first-order valence-electron chi connectivity index (χ1n) is 9.34. The first-order chi connectivity index (χ1) is 13.6. The molecular weight excluding hydrogens is 392 g/mol. The molecule has 28 heavy (non-hydrogen) atoms. The molecule has 2 aliphatic heterocycles. The van der Waals surface area contributed by atoms with E-state index >= 15 is 0 Å². The quantitative estimate of drug-likeness (QED) is 0.689. The number of thioether (sulfide) groups is 1. The monoisotopic (exact) mass is 410 g/mol. The van der Waals surface area contributed by atoms with E-state index in [1.54, 1.807) is 11.8 Å². The fourth-order valence-electron chi connectivity index (χ4n) is 4.11. The van der Waals surface area contributed by atoms with Crippen LogP contribution in [-0.2, 0) is 4.79 Å². The largest absolute Gasteiger partial charge is 0.342 e. The summed E-state index contributed by atoms with van der Waals surface area (Å²) in [5.41, 5.74) is 4.22. The van der Waals surface area contributed by atoms with Crippen molar-refractivity contribution in [1.82, 2.24) is 14.9 Å². The Bertz CT molecular complexity index is 1090. The molecule has 5 nitrogen and oxygen atoms in total. The smallest absolute Gasteiger partial charge is 0.220 e. The molecule has 142 valence electrons. The number of benzene rings is 1. The predicted octanol–water partition coefficient (Wildman–Crippen LogP) is 4.18. The Kier molecular flexibility index (Phi) is 4.40. The van der Waals surface area contributed by atoms with E-state index in [4.69, 9.17) is 16.6 Å². The molecule has 3 atom stereocenters. The van der Waals surface area contributed by atoms with Crippen LogP contribution in [0.3, 0.4) is 0 Å². The summed E-state index contributed by atoms with van der Waals surface area (Å²) in [6, 6.07) is 14.0. The lowest BCUT2D eigenvalue weighted by molar-refractivity contribution is -0.121. The number of nitrogens with one attached hydrogen (secondary N) is 1. The van der Waals surface area contributed by atoms with Gasteiger partial charge in [0.25, 0.3) is 0 Å². The van der Waals surface area contributed by atoms with E-state index in [9.17, 15) is 4.79 Å². The summed E-state index contributed by atoms with van der Waals surface area (Å²) in [5.74, 6) is 0.264. The molecule has 0 radical (unpaired) electrons. The maximum atomic E-state index is 12.3. The number of carbonyl (C=O) groups is 1. The third kappa shape index (κ3) is 3.01. The molecular formula is C21H19ClN4OS. The second-order valence-electron chi connectivity index (χ2n) is 7.22. The maximum absolute atomic E-state index is 12.3. The van der Waals surface area contributed by atoms with E-state index in [1.165, 1.54) is 5.56 Å². The SMILES string of the molecule is Cc1nn2ccccc2c1C1=NC2C(NC(=O)CCC2c2ccc(Cl)cc2)S1. The third-order valence-electron chi connectivity index (χ3n) is 5.44. The molecule has 3 aromatic rings. The molecule has 1 saturated heterocycles. The van der Waals surface area contributed by atoms with Gasteiger partial charge in [-0.25, -0.2) is 4.52 Å². The molecule has 1 amide bonds. The molecule has 1 fully saturated rings. The van der Waals surface area contributed by atoms with Crippen molar-refractivity contribution in [1.29, 1.82) is 0 Å². The summed E-state index contributed by atoms with van der Waals surface area (Å²) in [6.07, 6.45) is 3.24. The molecule has 1 aromatic carbocycles. The van der Waals surface area contributed by atoms with E-state index in [0.717, 1.165) is 33.3 Å². The average molecular weight is 411 g/mol. The van der Waals surface area contributed by atoms with E-state index in [1.807, 2.05) is 41.9 Å². The predicted molar refractivity (Wildman–Crippen MR) is 113 cm³/mol. The molecule has 3 unspecified atom stereocenters. The Labute approximate surface area is 172 Å². The molecule has 2 aliphatic rings. The summed E-state index contributed by atoms with van der Waals surface area (Å²) < 4.78 is 1.89. The van der Waals surface area contributed by atoms with Gasteiger partial charge in [0.2, 0.25) is 5.91 Å². The Morgan fingerprint density at radius 3 is 2.86 bits per heavy atom. The number of pyridine rings is 1. The first-order valence-corrected chi connectivity index (χ1v) is 10.6. The van der Waals surface area contributed by atoms with Crippen LogP contribution in [0.15, 0.2) is 53.7 Å². The van der Waals surface area contributed by atoms with Crippen molar-refractivity contribution in [3.05, 3.63) is 70.5 Å². The Morgan fingerprint density at radius 2 is 2.04 bits per heavy atom. The molecule has 2 aromatic heterocycles. The Balaban J connectivity index is 1.58. The van der Waals surface area contributed by atoms with E-state index < -0.39 is 0 Å². The van der Waals surface area contributed by atoms with Crippen LogP contribution < -0.4 is 5.32 Å². The van der Waals surface area contributed by atoms with Crippen LogP contribution in [0.5, 0.6) is 0 Å². The second-order valence-corrected chi connectivity index (χ2v) is 8.79. The summed E-state index contributed by atoms with van der Waals surface area (Å²) >= 11 is 7.71.